The molecular weight excluding hydrogens is 407 g/mol. The number of halogens is 1. The maximum Gasteiger partial charge on any atom is 0.257 e. The van der Waals surface area contributed by atoms with Gasteiger partial charge in [0.25, 0.3) is 11.8 Å². The van der Waals surface area contributed by atoms with Crippen LogP contribution in [0.4, 0.5) is 10.1 Å². The molecule has 0 saturated carbocycles. The summed E-state index contributed by atoms with van der Waals surface area (Å²) in [5.74, 6) is -1.70. The first kappa shape index (κ1) is 21.4. The van der Waals surface area contributed by atoms with E-state index in [4.69, 9.17) is 0 Å². The highest BCUT2D eigenvalue weighted by atomic mass is 19.1. The number of hydrogen-bond acceptors (Lipinski definition) is 3. The Hall–Kier alpha value is -3.80. The molecule has 4 rings (SSSR count). The molecule has 1 heterocycles. The second-order valence-corrected chi connectivity index (χ2v) is 7.93. The van der Waals surface area contributed by atoms with E-state index in [-0.39, 0.29) is 12.3 Å². The van der Waals surface area contributed by atoms with Crippen molar-refractivity contribution in [2.24, 2.45) is 0 Å². The van der Waals surface area contributed by atoms with Crippen molar-refractivity contribution in [1.29, 1.82) is 0 Å². The first-order chi connectivity index (χ1) is 15.4. The van der Waals surface area contributed by atoms with Crippen LogP contribution in [0.2, 0.25) is 0 Å². The van der Waals surface area contributed by atoms with Crippen LogP contribution in [0, 0.1) is 12.7 Å². The summed E-state index contributed by atoms with van der Waals surface area (Å²) in [6.45, 7) is 3.74. The van der Waals surface area contributed by atoms with E-state index in [2.05, 4.69) is 0 Å². The zero-order chi connectivity index (χ0) is 22.8. The third-order valence-corrected chi connectivity index (χ3v) is 5.74. The number of carbonyl (C=O) groups excluding carboxylic acids is 3. The Balaban J connectivity index is 1.74. The lowest BCUT2D eigenvalue weighted by Gasteiger charge is -2.33. The molecule has 0 aromatic heterocycles. The van der Waals surface area contributed by atoms with Gasteiger partial charge in [-0.05, 0) is 55.8 Å². The lowest BCUT2D eigenvalue weighted by atomic mass is 10.0. The number of hydrogen-bond donors (Lipinski definition) is 0. The maximum absolute atomic E-state index is 13.6. The summed E-state index contributed by atoms with van der Waals surface area (Å²) in [4.78, 5) is 42.4. The minimum absolute atomic E-state index is 0.134. The first-order valence-electron chi connectivity index (χ1n) is 10.4. The van der Waals surface area contributed by atoms with Crippen molar-refractivity contribution in [3.05, 3.63) is 101 Å². The molecule has 32 heavy (non-hydrogen) atoms. The van der Waals surface area contributed by atoms with E-state index in [1.807, 2.05) is 50.2 Å². The second kappa shape index (κ2) is 8.75. The maximum atomic E-state index is 13.6. The van der Waals surface area contributed by atoms with Crippen LogP contribution in [0.5, 0.6) is 0 Å². The highest BCUT2D eigenvalue weighted by Gasteiger charge is 2.46. The molecule has 0 N–H and O–H groups in total. The monoisotopic (exact) mass is 430 g/mol. The topological polar surface area (TPSA) is 57.7 Å². The molecule has 1 fully saturated rings. The number of nitrogens with zero attached hydrogens (tertiary/aromatic N) is 2. The smallest absolute Gasteiger partial charge is 0.257 e. The van der Waals surface area contributed by atoms with Crippen molar-refractivity contribution in [1.82, 2.24) is 4.90 Å². The summed E-state index contributed by atoms with van der Waals surface area (Å²) in [5.41, 5.74) is 2.52. The molecule has 5 nitrogen and oxygen atoms in total. The van der Waals surface area contributed by atoms with E-state index in [0.29, 0.717) is 11.3 Å². The molecule has 2 unspecified atom stereocenters. The van der Waals surface area contributed by atoms with Crippen LogP contribution in [0.25, 0.3) is 0 Å². The summed E-state index contributed by atoms with van der Waals surface area (Å²) in [5, 5.41) is 0. The van der Waals surface area contributed by atoms with Crippen molar-refractivity contribution in [3.63, 3.8) is 0 Å². The zero-order valence-corrected chi connectivity index (χ0v) is 17.9. The average molecular weight is 430 g/mol. The predicted molar refractivity (Wildman–Crippen MR) is 120 cm³/mol. The van der Waals surface area contributed by atoms with Crippen LogP contribution in [0.15, 0.2) is 78.9 Å². The van der Waals surface area contributed by atoms with E-state index in [0.717, 1.165) is 16.0 Å². The average Bonchev–Trinajstić information content (AvgIpc) is 3.08. The highest BCUT2D eigenvalue weighted by Crippen LogP contribution is 2.32. The molecule has 3 amide bonds. The number of rotatable bonds is 5. The fraction of sp³-hybridized carbons (Fsp3) is 0.192. The summed E-state index contributed by atoms with van der Waals surface area (Å²) in [7, 11) is 0. The first-order valence-corrected chi connectivity index (χ1v) is 10.4. The fourth-order valence-corrected chi connectivity index (χ4v) is 4.10. The van der Waals surface area contributed by atoms with Crippen molar-refractivity contribution in [3.8, 4) is 0 Å². The standard InChI is InChI=1S/C26H23FN2O3/c1-17-7-6-10-20(15-17)25(31)28(18(2)19-8-4-3-5-9-19)23-16-24(30)29(26(23)32)22-13-11-21(27)12-14-22/h3-15,18,23H,16H2,1-2H3. The van der Waals surface area contributed by atoms with Crippen LogP contribution in [-0.4, -0.2) is 28.7 Å². The molecule has 6 heteroatoms. The number of carbonyl (C=O) groups is 3. The van der Waals surface area contributed by atoms with Gasteiger partial charge in [-0.15, -0.1) is 0 Å². The zero-order valence-electron chi connectivity index (χ0n) is 17.9. The van der Waals surface area contributed by atoms with Gasteiger partial charge in [-0.1, -0.05) is 48.0 Å². The third kappa shape index (κ3) is 4.04. The summed E-state index contributed by atoms with van der Waals surface area (Å²) < 4.78 is 13.4. The molecule has 162 valence electrons. The van der Waals surface area contributed by atoms with E-state index in [1.165, 1.54) is 29.2 Å². The van der Waals surface area contributed by atoms with Gasteiger partial charge in [-0.25, -0.2) is 9.29 Å². The lowest BCUT2D eigenvalue weighted by Crippen LogP contribution is -2.46. The van der Waals surface area contributed by atoms with Crippen LogP contribution in [-0.2, 0) is 9.59 Å². The molecule has 0 bridgehead atoms. The van der Waals surface area contributed by atoms with E-state index < -0.39 is 29.7 Å². The van der Waals surface area contributed by atoms with Crippen LogP contribution in [0.3, 0.4) is 0 Å². The molecule has 0 spiro atoms. The number of anilines is 1. The Morgan fingerprint density at radius 1 is 1.00 bits per heavy atom. The third-order valence-electron chi connectivity index (χ3n) is 5.74. The number of aryl methyl sites for hydroxylation is 1. The number of amides is 3. The van der Waals surface area contributed by atoms with Gasteiger partial charge in [-0.2, -0.15) is 0 Å². The molecule has 1 aliphatic heterocycles. The van der Waals surface area contributed by atoms with Gasteiger partial charge >= 0.3 is 0 Å². The molecule has 0 aliphatic carbocycles. The molecule has 0 radical (unpaired) electrons. The van der Waals surface area contributed by atoms with Crippen molar-refractivity contribution in [2.45, 2.75) is 32.4 Å². The van der Waals surface area contributed by atoms with Crippen LogP contribution in [0.1, 0.15) is 40.9 Å². The Kier molecular flexibility index (Phi) is 5.86. The summed E-state index contributed by atoms with van der Waals surface area (Å²) in [6.07, 6.45) is -0.134. The molecule has 2 atom stereocenters. The van der Waals surface area contributed by atoms with Gasteiger partial charge in [0, 0.05) is 5.56 Å². The van der Waals surface area contributed by atoms with Gasteiger partial charge in [-0.3, -0.25) is 14.4 Å². The second-order valence-electron chi connectivity index (χ2n) is 7.93. The summed E-state index contributed by atoms with van der Waals surface area (Å²) in [6, 6.07) is 20.3. The molecular formula is C26H23FN2O3. The van der Waals surface area contributed by atoms with Crippen molar-refractivity contribution >= 4 is 23.4 Å². The minimum atomic E-state index is -0.962. The van der Waals surface area contributed by atoms with E-state index in [9.17, 15) is 18.8 Å². The highest BCUT2D eigenvalue weighted by molar-refractivity contribution is 6.23. The van der Waals surface area contributed by atoms with Gasteiger partial charge < -0.3 is 4.90 Å². The minimum Gasteiger partial charge on any atom is -0.319 e. The number of benzene rings is 3. The van der Waals surface area contributed by atoms with Crippen molar-refractivity contribution < 1.29 is 18.8 Å². The Labute approximate surface area is 186 Å². The van der Waals surface area contributed by atoms with Gasteiger partial charge in [0.15, 0.2) is 0 Å². The number of imide groups is 1. The SMILES string of the molecule is Cc1cccc(C(=O)N(C2CC(=O)N(c3ccc(F)cc3)C2=O)C(C)c2ccccc2)c1. The molecule has 3 aromatic carbocycles. The Morgan fingerprint density at radius 2 is 1.69 bits per heavy atom. The normalized spacial score (nSPS) is 16.8. The van der Waals surface area contributed by atoms with E-state index >= 15 is 0 Å². The Morgan fingerprint density at radius 3 is 2.34 bits per heavy atom. The fourth-order valence-electron chi connectivity index (χ4n) is 4.10. The molecule has 3 aromatic rings. The molecule has 1 saturated heterocycles. The van der Waals surface area contributed by atoms with Gasteiger partial charge in [0.2, 0.25) is 5.91 Å². The van der Waals surface area contributed by atoms with Gasteiger partial charge in [0.05, 0.1) is 18.2 Å². The van der Waals surface area contributed by atoms with Crippen molar-refractivity contribution in [2.75, 3.05) is 4.90 Å². The Bertz CT molecular complexity index is 1160. The van der Waals surface area contributed by atoms with Crippen LogP contribution < -0.4 is 4.90 Å². The van der Waals surface area contributed by atoms with Crippen LogP contribution >= 0.6 is 0 Å². The summed E-state index contributed by atoms with van der Waals surface area (Å²) >= 11 is 0. The largest absolute Gasteiger partial charge is 0.319 e. The predicted octanol–water partition coefficient (Wildman–Crippen LogP) is 4.67. The molecule has 1 aliphatic rings. The quantitative estimate of drug-likeness (QED) is 0.553. The lowest BCUT2D eigenvalue weighted by molar-refractivity contribution is -0.122. The van der Waals surface area contributed by atoms with E-state index in [1.54, 1.807) is 18.2 Å². The van der Waals surface area contributed by atoms with Gasteiger partial charge in [0.1, 0.15) is 11.9 Å².